The van der Waals surface area contributed by atoms with Crippen LogP contribution in [0.5, 0.6) is 17.2 Å². The first-order valence-electron chi connectivity index (χ1n) is 6.46. The van der Waals surface area contributed by atoms with E-state index in [9.17, 15) is 14.3 Å². The third-order valence-electron chi connectivity index (χ3n) is 2.82. The predicted molar refractivity (Wildman–Crippen MR) is 68.6 cm³/mol. The van der Waals surface area contributed by atoms with Crippen LogP contribution in [-0.4, -0.2) is 23.5 Å². The Morgan fingerprint density at radius 2 is 2.10 bits per heavy atom. The molecule has 0 bridgehead atoms. The number of ether oxygens (including phenoxy) is 3. The van der Waals surface area contributed by atoms with Crippen molar-refractivity contribution >= 4 is 5.97 Å². The number of unbranched alkanes of at least 4 members (excludes halogenated alkanes) is 1. The van der Waals surface area contributed by atoms with Crippen molar-refractivity contribution in [1.29, 1.82) is 0 Å². The van der Waals surface area contributed by atoms with E-state index in [0.29, 0.717) is 6.61 Å². The summed E-state index contributed by atoms with van der Waals surface area (Å²) < 4.78 is 29.5. The topological polar surface area (TPSA) is 65.0 Å². The lowest BCUT2D eigenvalue weighted by atomic mass is 10.1. The largest absolute Gasteiger partial charge is 0.502 e. The highest BCUT2D eigenvalue weighted by molar-refractivity contribution is 5.97. The lowest BCUT2D eigenvalue weighted by Crippen LogP contribution is -2.39. The summed E-state index contributed by atoms with van der Waals surface area (Å²) in [7, 11) is 0. The maximum absolute atomic E-state index is 13.7. The van der Waals surface area contributed by atoms with Gasteiger partial charge in [0.2, 0.25) is 5.79 Å². The summed E-state index contributed by atoms with van der Waals surface area (Å²) in [5.41, 5.74) is -0.0840. The average Bonchev–Trinajstić information content (AvgIpc) is 2.34. The summed E-state index contributed by atoms with van der Waals surface area (Å²) in [6, 6.07) is 0.965. The van der Waals surface area contributed by atoms with E-state index in [-0.39, 0.29) is 17.1 Å². The van der Waals surface area contributed by atoms with Crippen LogP contribution in [0.25, 0.3) is 0 Å². The minimum atomic E-state index is -1.27. The molecule has 0 radical (unpaired) electrons. The van der Waals surface area contributed by atoms with Crippen LogP contribution >= 0.6 is 0 Å². The maximum atomic E-state index is 13.7. The summed E-state index contributed by atoms with van der Waals surface area (Å²) in [6.07, 6.45) is 1.66. The van der Waals surface area contributed by atoms with Gasteiger partial charge in [0, 0.05) is 19.9 Å². The van der Waals surface area contributed by atoms with Crippen LogP contribution in [0.3, 0.4) is 0 Å². The molecule has 1 aromatic rings. The van der Waals surface area contributed by atoms with Gasteiger partial charge in [0.1, 0.15) is 11.3 Å². The standard InChI is InChI=1S/C14H17FO5/c1-4-5-6-18-9-7-8(15)11(16)12-10(9)13(17)20-14(2,3)19-12/h7,16H,4-6H2,1-3H3. The molecule has 0 saturated heterocycles. The zero-order valence-electron chi connectivity index (χ0n) is 11.7. The second kappa shape index (κ2) is 5.19. The predicted octanol–water partition coefficient (Wildman–Crippen LogP) is 3.00. The van der Waals surface area contributed by atoms with Crippen LogP contribution in [0, 0.1) is 5.82 Å². The van der Waals surface area contributed by atoms with E-state index in [1.807, 2.05) is 6.92 Å². The van der Waals surface area contributed by atoms with E-state index in [4.69, 9.17) is 14.2 Å². The Kier molecular flexibility index (Phi) is 3.74. The number of esters is 1. The monoisotopic (exact) mass is 284 g/mol. The molecule has 0 unspecified atom stereocenters. The summed E-state index contributed by atoms with van der Waals surface area (Å²) in [6.45, 7) is 5.31. The highest BCUT2D eigenvalue weighted by Gasteiger charge is 2.39. The first-order valence-corrected chi connectivity index (χ1v) is 6.46. The van der Waals surface area contributed by atoms with Crippen molar-refractivity contribution in [3.63, 3.8) is 0 Å². The van der Waals surface area contributed by atoms with Gasteiger partial charge in [0.25, 0.3) is 0 Å². The normalized spacial score (nSPS) is 16.1. The van der Waals surface area contributed by atoms with E-state index < -0.39 is 23.3 Å². The first kappa shape index (κ1) is 14.4. The van der Waals surface area contributed by atoms with Crippen molar-refractivity contribution in [2.75, 3.05) is 6.61 Å². The van der Waals surface area contributed by atoms with E-state index in [0.717, 1.165) is 18.9 Å². The molecule has 0 aromatic heterocycles. The number of hydrogen-bond donors (Lipinski definition) is 1. The molecular formula is C14H17FO5. The van der Waals surface area contributed by atoms with Gasteiger partial charge >= 0.3 is 5.97 Å². The van der Waals surface area contributed by atoms with Gasteiger partial charge in [-0.1, -0.05) is 13.3 Å². The molecule has 0 amide bonds. The van der Waals surface area contributed by atoms with Gasteiger partial charge < -0.3 is 19.3 Å². The molecule has 0 aliphatic carbocycles. The molecular weight excluding hydrogens is 267 g/mol. The van der Waals surface area contributed by atoms with Crippen LogP contribution in [0.15, 0.2) is 6.07 Å². The highest BCUT2D eigenvalue weighted by atomic mass is 19.1. The van der Waals surface area contributed by atoms with Gasteiger partial charge in [-0.05, 0) is 6.42 Å². The molecule has 1 aromatic carbocycles. The van der Waals surface area contributed by atoms with Crippen molar-refractivity contribution in [3.8, 4) is 17.2 Å². The lowest BCUT2D eigenvalue weighted by Gasteiger charge is -2.32. The Labute approximate surface area is 116 Å². The molecule has 1 aliphatic rings. The summed E-state index contributed by atoms with van der Waals surface area (Å²) in [5, 5.41) is 9.73. The summed E-state index contributed by atoms with van der Waals surface area (Å²) in [4.78, 5) is 12.0. The number of halogens is 1. The zero-order chi connectivity index (χ0) is 14.9. The minimum absolute atomic E-state index is 0.0178. The van der Waals surface area contributed by atoms with Crippen molar-refractivity contribution in [1.82, 2.24) is 0 Å². The van der Waals surface area contributed by atoms with Crippen LogP contribution in [0.1, 0.15) is 44.0 Å². The van der Waals surface area contributed by atoms with E-state index in [1.54, 1.807) is 0 Å². The quantitative estimate of drug-likeness (QED) is 0.680. The van der Waals surface area contributed by atoms with Crippen LogP contribution < -0.4 is 9.47 Å². The maximum Gasteiger partial charge on any atom is 0.349 e. The lowest BCUT2D eigenvalue weighted by molar-refractivity contribution is -0.128. The molecule has 0 spiro atoms. The van der Waals surface area contributed by atoms with Gasteiger partial charge in [-0.15, -0.1) is 0 Å². The van der Waals surface area contributed by atoms with Gasteiger partial charge in [-0.25, -0.2) is 9.18 Å². The Hall–Kier alpha value is -1.98. The van der Waals surface area contributed by atoms with Crippen LogP contribution in [-0.2, 0) is 4.74 Å². The van der Waals surface area contributed by atoms with Crippen molar-refractivity contribution in [2.24, 2.45) is 0 Å². The molecule has 0 saturated carbocycles. The van der Waals surface area contributed by atoms with Gasteiger partial charge in [0.05, 0.1) is 6.61 Å². The number of phenols is 1. The number of benzene rings is 1. The van der Waals surface area contributed by atoms with Gasteiger partial charge in [-0.2, -0.15) is 0 Å². The number of carbonyl (C=O) groups is 1. The number of rotatable bonds is 4. The fourth-order valence-electron chi connectivity index (χ4n) is 1.87. The molecule has 2 rings (SSSR count). The number of aromatic hydroxyl groups is 1. The average molecular weight is 284 g/mol. The third kappa shape index (κ3) is 2.64. The minimum Gasteiger partial charge on any atom is -0.502 e. The fraction of sp³-hybridized carbons (Fsp3) is 0.500. The number of hydrogen-bond acceptors (Lipinski definition) is 5. The van der Waals surface area contributed by atoms with Gasteiger partial charge in [-0.3, -0.25) is 0 Å². The van der Waals surface area contributed by atoms with Crippen LogP contribution in [0.4, 0.5) is 4.39 Å². The summed E-state index contributed by atoms with van der Waals surface area (Å²) in [5.74, 6) is -3.82. The van der Waals surface area contributed by atoms with Crippen molar-refractivity contribution < 1.29 is 28.5 Å². The second-order valence-corrected chi connectivity index (χ2v) is 5.00. The Bertz CT molecular complexity index is 539. The molecule has 1 N–H and O–H groups in total. The van der Waals surface area contributed by atoms with Gasteiger partial charge in [0.15, 0.2) is 17.3 Å². The smallest absolute Gasteiger partial charge is 0.349 e. The van der Waals surface area contributed by atoms with Crippen LogP contribution in [0.2, 0.25) is 0 Å². The summed E-state index contributed by atoms with van der Waals surface area (Å²) >= 11 is 0. The highest BCUT2D eigenvalue weighted by Crippen LogP contribution is 2.44. The Balaban J connectivity index is 2.46. The molecule has 1 heterocycles. The third-order valence-corrected chi connectivity index (χ3v) is 2.82. The molecule has 1 aliphatic heterocycles. The fourth-order valence-corrected chi connectivity index (χ4v) is 1.87. The van der Waals surface area contributed by atoms with E-state index >= 15 is 0 Å². The zero-order valence-corrected chi connectivity index (χ0v) is 11.7. The molecule has 5 nitrogen and oxygen atoms in total. The van der Waals surface area contributed by atoms with Crippen molar-refractivity contribution in [2.45, 2.75) is 39.4 Å². The Morgan fingerprint density at radius 3 is 2.75 bits per heavy atom. The number of fused-ring (bicyclic) bond motifs is 1. The Morgan fingerprint density at radius 1 is 1.40 bits per heavy atom. The van der Waals surface area contributed by atoms with E-state index in [1.165, 1.54) is 13.8 Å². The number of carbonyl (C=O) groups excluding carboxylic acids is 1. The SMILES string of the molecule is CCCCOc1cc(F)c(O)c2c1C(=O)OC(C)(C)O2. The number of phenolic OH excluding ortho intramolecular Hbond substituents is 1. The molecule has 6 heteroatoms. The van der Waals surface area contributed by atoms with E-state index in [2.05, 4.69) is 0 Å². The molecule has 0 atom stereocenters. The molecule has 110 valence electrons. The first-order chi connectivity index (χ1) is 9.35. The second-order valence-electron chi connectivity index (χ2n) is 5.00. The van der Waals surface area contributed by atoms with Crippen molar-refractivity contribution in [3.05, 3.63) is 17.4 Å². The number of cyclic esters (lactones) is 1. The molecule has 0 fully saturated rings. The molecule has 20 heavy (non-hydrogen) atoms.